The van der Waals surface area contributed by atoms with Crippen LogP contribution >= 0.6 is 11.6 Å². The molecule has 27 heavy (non-hydrogen) atoms. The number of hydrogen-bond donors (Lipinski definition) is 1. The second-order valence-electron chi connectivity index (χ2n) is 7.34. The molecule has 2 fully saturated rings. The maximum Gasteiger partial charge on any atom is 0.225 e. The van der Waals surface area contributed by atoms with Crippen LogP contribution in [0.3, 0.4) is 0 Å². The molecule has 0 spiro atoms. The summed E-state index contributed by atoms with van der Waals surface area (Å²) in [6, 6.07) is 10.0. The van der Waals surface area contributed by atoms with Gasteiger partial charge in [0.1, 0.15) is 0 Å². The number of hydrogen-bond acceptors (Lipinski definition) is 4. The quantitative estimate of drug-likeness (QED) is 0.648. The molecule has 0 bridgehead atoms. The molecule has 0 radical (unpaired) electrons. The lowest BCUT2D eigenvalue weighted by molar-refractivity contribution is 0.252. The molecule has 142 valence electrons. The fourth-order valence-corrected chi connectivity index (χ4v) is 3.99. The summed E-state index contributed by atoms with van der Waals surface area (Å²) in [6.45, 7) is 4.11. The van der Waals surface area contributed by atoms with Crippen LogP contribution < -0.4 is 10.6 Å². The molecular weight excluding hydrogens is 360 g/mol. The molecule has 6 nitrogen and oxygen atoms in total. The van der Waals surface area contributed by atoms with E-state index in [2.05, 4.69) is 31.9 Å². The SMILES string of the molecule is NC(=NCC1(c2ccc(Cl)cc2)CCC1)N1CCN(c2ncccn2)CC1. The molecule has 1 saturated carbocycles. The minimum atomic E-state index is 0.120. The van der Waals surface area contributed by atoms with Gasteiger partial charge >= 0.3 is 0 Å². The number of piperazine rings is 1. The fourth-order valence-electron chi connectivity index (χ4n) is 3.87. The number of aromatic nitrogens is 2. The summed E-state index contributed by atoms with van der Waals surface area (Å²) in [5, 5.41) is 0.775. The van der Waals surface area contributed by atoms with Crippen LogP contribution in [0.5, 0.6) is 0 Å². The van der Waals surface area contributed by atoms with Crippen molar-refractivity contribution in [1.82, 2.24) is 14.9 Å². The molecule has 1 aromatic heterocycles. The first kappa shape index (κ1) is 18.0. The first-order chi connectivity index (χ1) is 13.2. The Kier molecular flexibility index (Phi) is 5.16. The first-order valence-corrected chi connectivity index (χ1v) is 9.87. The third-order valence-corrected chi connectivity index (χ3v) is 6.00. The van der Waals surface area contributed by atoms with Crippen LogP contribution in [-0.2, 0) is 5.41 Å². The van der Waals surface area contributed by atoms with E-state index in [0.29, 0.717) is 5.96 Å². The van der Waals surface area contributed by atoms with Gasteiger partial charge in [-0.25, -0.2) is 9.97 Å². The number of anilines is 1. The summed E-state index contributed by atoms with van der Waals surface area (Å²) in [5.74, 6) is 1.42. The van der Waals surface area contributed by atoms with Crippen LogP contribution in [0, 0.1) is 0 Å². The van der Waals surface area contributed by atoms with E-state index in [9.17, 15) is 0 Å². The van der Waals surface area contributed by atoms with Gasteiger partial charge in [0, 0.05) is 49.0 Å². The highest BCUT2D eigenvalue weighted by Crippen LogP contribution is 2.44. The molecule has 1 aromatic carbocycles. The van der Waals surface area contributed by atoms with Gasteiger partial charge in [-0.1, -0.05) is 30.2 Å². The summed E-state index contributed by atoms with van der Waals surface area (Å²) in [5.41, 5.74) is 7.77. The Morgan fingerprint density at radius 3 is 2.33 bits per heavy atom. The molecule has 2 heterocycles. The van der Waals surface area contributed by atoms with Crippen LogP contribution in [-0.4, -0.2) is 53.6 Å². The summed E-state index contributed by atoms with van der Waals surface area (Å²) in [4.78, 5) is 17.8. The number of rotatable bonds is 4. The van der Waals surface area contributed by atoms with Gasteiger partial charge in [0.05, 0.1) is 6.54 Å². The molecule has 1 aliphatic heterocycles. The second kappa shape index (κ2) is 7.72. The van der Waals surface area contributed by atoms with Crippen molar-refractivity contribution in [2.45, 2.75) is 24.7 Å². The molecule has 0 amide bonds. The van der Waals surface area contributed by atoms with E-state index in [4.69, 9.17) is 22.3 Å². The van der Waals surface area contributed by atoms with Gasteiger partial charge in [0.2, 0.25) is 5.95 Å². The minimum absolute atomic E-state index is 0.120. The Balaban J connectivity index is 1.37. The predicted molar refractivity (Wildman–Crippen MR) is 109 cm³/mol. The Morgan fingerprint density at radius 1 is 1.07 bits per heavy atom. The van der Waals surface area contributed by atoms with Crippen LogP contribution in [0.15, 0.2) is 47.7 Å². The predicted octanol–water partition coefficient (Wildman–Crippen LogP) is 2.69. The lowest BCUT2D eigenvalue weighted by Crippen LogP contribution is -2.52. The molecule has 1 aliphatic carbocycles. The molecule has 1 saturated heterocycles. The van der Waals surface area contributed by atoms with Crippen molar-refractivity contribution in [3.8, 4) is 0 Å². The molecule has 0 atom stereocenters. The maximum absolute atomic E-state index is 6.33. The second-order valence-corrected chi connectivity index (χ2v) is 7.77. The standard InChI is InChI=1S/C20H25ClN6/c21-17-5-3-16(4-6-17)20(7-1-8-20)15-25-18(22)26-11-13-27(14-12-26)19-23-9-2-10-24-19/h2-6,9-10H,1,7-8,11-15H2,(H2,22,25). The lowest BCUT2D eigenvalue weighted by atomic mass is 9.64. The van der Waals surface area contributed by atoms with Gasteiger partial charge in [-0.3, -0.25) is 4.99 Å². The van der Waals surface area contributed by atoms with Crippen molar-refractivity contribution >= 4 is 23.5 Å². The lowest BCUT2D eigenvalue weighted by Gasteiger charge is -2.42. The summed E-state index contributed by atoms with van der Waals surface area (Å²) in [6.07, 6.45) is 7.11. The van der Waals surface area contributed by atoms with Gasteiger partial charge in [0.25, 0.3) is 0 Å². The summed E-state index contributed by atoms with van der Waals surface area (Å²) < 4.78 is 0. The highest BCUT2D eigenvalue weighted by atomic mass is 35.5. The zero-order chi connectivity index (χ0) is 18.7. The highest BCUT2D eigenvalue weighted by molar-refractivity contribution is 6.30. The zero-order valence-corrected chi connectivity index (χ0v) is 16.1. The third kappa shape index (κ3) is 3.86. The van der Waals surface area contributed by atoms with E-state index in [1.54, 1.807) is 12.4 Å². The normalized spacial score (nSPS) is 19.7. The largest absolute Gasteiger partial charge is 0.370 e. The highest BCUT2D eigenvalue weighted by Gasteiger charge is 2.38. The van der Waals surface area contributed by atoms with Crippen molar-refractivity contribution in [2.24, 2.45) is 10.7 Å². The number of aliphatic imine (C=N–C) groups is 1. The van der Waals surface area contributed by atoms with E-state index in [0.717, 1.165) is 56.5 Å². The van der Waals surface area contributed by atoms with E-state index < -0.39 is 0 Å². The van der Waals surface area contributed by atoms with Crippen molar-refractivity contribution < 1.29 is 0 Å². The zero-order valence-electron chi connectivity index (χ0n) is 15.4. The number of halogens is 1. The van der Waals surface area contributed by atoms with Crippen molar-refractivity contribution in [1.29, 1.82) is 0 Å². The smallest absolute Gasteiger partial charge is 0.225 e. The molecule has 7 heteroatoms. The van der Waals surface area contributed by atoms with E-state index in [-0.39, 0.29) is 5.41 Å². The van der Waals surface area contributed by atoms with Crippen molar-refractivity contribution in [3.05, 3.63) is 53.3 Å². The van der Waals surface area contributed by atoms with Gasteiger partial charge in [-0.05, 0) is 36.6 Å². The molecule has 4 rings (SSSR count). The molecule has 2 aliphatic rings. The van der Waals surface area contributed by atoms with Gasteiger partial charge < -0.3 is 15.5 Å². The van der Waals surface area contributed by atoms with E-state index >= 15 is 0 Å². The van der Waals surface area contributed by atoms with Crippen LogP contribution in [0.4, 0.5) is 5.95 Å². The number of guanidine groups is 1. The van der Waals surface area contributed by atoms with Crippen molar-refractivity contribution in [2.75, 3.05) is 37.6 Å². The molecule has 2 aromatic rings. The Hall–Kier alpha value is -2.34. The first-order valence-electron chi connectivity index (χ1n) is 9.49. The number of nitrogens with two attached hydrogens (primary N) is 1. The molecule has 2 N–H and O–H groups in total. The Bertz CT molecular complexity index is 780. The average Bonchev–Trinajstić information content (AvgIpc) is 2.69. The topological polar surface area (TPSA) is 70.6 Å². The van der Waals surface area contributed by atoms with Gasteiger partial charge in [-0.2, -0.15) is 0 Å². The summed E-state index contributed by atoms with van der Waals surface area (Å²) in [7, 11) is 0. The number of nitrogens with zero attached hydrogens (tertiary/aromatic N) is 5. The molecular formula is C20H25ClN6. The average molecular weight is 385 g/mol. The Morgan fingerprint density at radius 2 is 1.74 bits per heavy atom. The Labute approximate surface area is 165 Å². The van der Waals surface area contributed by atoms with Gasteiger partial charge in [-0.15, -0.1) is 0 Å². The fraction of sp³-hybridized carbons (Fsp3) is 0.450. The van der Waals surface area contributed by atoms with Crippen LogP contribution in [0.25, 0.3) is 0 Å². The maximum atomic E-state index is 6.33. The monoisotopic (exact) mass is 384 g/mol. The third-order valence-electron chi connectivity index (χ3n) is 5.75. The summed E-state index contributed by atoms with van der Waals surface area (Å²) >= 11 is 6.04. The van der Waals surface area contributed by atoms with E-state index in [1.807, 2.05) is 18.2 Å². The van der Waals surface area contributed by atoms with Gasteiger partial charge in [0.15, 0.2) is 5.96 Å². The van der Waals surface area contributed by atoms with Crippen LogP contribution in [0.2, 0.25) is 5.02 Å². The van der Waals surface area contributed by atoms with Crippen LogP contribution in [0.1, 0.15) is 24.8 Å². The minimum Gasteiger partial charge on any atom is -0.370 e. The van der Waals surface area contributed by atoms with Crippen molar-refractivity contribution in [3.63, 3.8) is 0 Å². The molecule has 0 unspecified atom stereocenters. The number of benzene rings is 1. The van der Waals surface area contributed by atoms with E-state index in [1.165, 1.54) is 12.0 Å².